The number of benzene rings is 1. The predicted molar refractivity (Wildman–Crippen MR) is 79.3 cm³/mol. The second-order valence-corrected chi connectivity index (χ2v) is 6.16. The summed E-state index contributed by atoms with van der Waals surface area (Å²) < 4.78 is 30.8. The lowest BCUT2D eigenvalue weighted by Gasteiger charge is -2.09. The standard InChI is InChI=1S/C13H16ClNO4S/c1-19-8-9-20(17,18)15-13-6-5-12(14)10-11(13)4-2-3-7-16/h5-6,10,15-16H,3,7-9H2,1H3. The van der Waals surface area contributed by atoms with E-state index in [2.05, 4.69) is 16.6 Å². The fourth-order valence-electron chi connectivity index (χ4n) is 1.33. The second kappa shape index (κ2) is 8.12. The lowest BCUT2D eigenvalue weighted by atomic mass is 10.2. The van der Waals surface area contributed by atoms with Crippen molar-refractivity contribution in [1.82, 2.24) is 0 Å². The van der Waals surface area contributed by atoms with Crippen LogP contribution in [0.3, 0.4) is 0 Å². The highest BCUT2D eigenvalue weighted by atomic mass is 35.5. The van der Waals surface area contributed by atoms with E-state index in [-0.39, 0.29) is 19.0 Å². The van der Waals surface area contributed by atoms with Crippen LogP contribution in [0.15, 0.2) is 18.2 Å². The minimum absolute atomic E-state index is 0.0531. The maximum atomic E-state index is 11.8. The lowest BCUT2D eigenvalue weighted by molar-refractivity contribution is 0.217. The van der Waals surface area contributed by atoms with Crippen LogP contribution < -0.4 is 4.72 Å². The number of ether oxygens (including phenoxy) is 1. The number of sulfonamides is 1. The number of anilines is 1. The molecule has 0 radical (unpaired) electrons. The van der Waals surface area contributed by atoms with E-state index in [4.69, 9.17) is 21.4 Å². The minimum atomic E-state index is -3.50. The molecule has 0 saturated carbocycles. The van der Waals surface area contributed by atoms with Gasteiger partial charge in [-0.25, -0.2) is 8.42 Å². The van der Waals surface area contributed by atoms with Crippen molar-refractivity contribution in [3.8, 4) is 11.8 Å². The summed E-state index contributed by atoms with van der Waals surface area (Å²) in [5.41, 5.74) is 0.822. The molecular weight excluding hydrogens is 302 g/mol. The molecule has 5 nitrogen and oxygen atoms in total. The summed E-state index contributed by atoms with van der Waals surface area (Å²) in [6, 6.07) is 4.70. The number of methoxy groups -OCH3 is 1. The van der Waals surface area contributed by atoms with Crippen LogP contribution in [0.25, 0.3) is 0 Å². The number of hydrogen-bond acceptors (Lipinski definition) is 4. The average molecular weight is 318 g/mol. The van der Waals surface area contributed by atoms with Gasteiger partial charge in [-0.3, -0.25) is 4.72 Å². The van der Waals surface area contributed by atoms with Crippen LogP contribution >= 0.6 is 11.6 Å². The lowest BCUT2D eigenvalue weighted by Crippen LogP contribution is -2.20. The van der Waals surface area contributed by atoms with Gasteiger partial charge in [0.1, 0.15) is 0 Å². The van der Waals surface area contributed by atoms with Gasteiger partial charge in [0, 0.05) is 18.6 Å². The van der Waals surface area contributed by atoms with Crippen molar-refractivity contribution in [1.29, 1.82) is 0 Å². The molecule has 0 saturated heterocycles. The molecule has 0 amide bonds. The molecule has 0 aliphatic carbocycles. The van der Waals surface area contributed by atoms with Crippen LogP contribution in [0.2, 0.25) is 5.02 Å². The van der Waals surface area contributed by atoms with Gasteiger partial charge < -0.3 is 9.84 Å². The van der Waals surface area contributed by atoms with E-state index in [9.17, 15) is 8.42 Å². The Morgan fingerprint density at radius 1 is 1.45 bits per heavy atom. The first-order valence-corrected chi connectivity index (χ1v) is 7.90. The summed E-state index contributed by atoms with van der Waals surface area (Å²) in [6.45, 7) is 0.0525. The molecule has 0 heterocycles. The maximum absolute atomic E-state index is 11.8. The molecule has 0 aromatic heterocycles. The Morgan fingerprint density at radius 3 is 2.85 bits per heavy atom. The molecule has 0 spiro atoms. The topological polar surface area (TPSA) is 75.6 Å². The number of halogens is 1. The van der Waals surface area contributed by atoms with Gasteiger partial charge >= 0.3 is 0 Å². The van der Waals surface area contributed by atoms with Crippen LogP contribution in [0.5, 0.6) is 0 Å². The van der Waals surface area contributed by atoms with Gasteiger partial charge in [-0.2, -0.15) is 0 Å². The normalized spacial score (nSPS) is 10.8. The summed E-state index contributed by atoms with van der Waals surface area (Å²) >= 11 is 5.87. The molecule has 1 aromatic rings. The van der Waals surface area contributed by atoms with Crippen LogP contribution in [0, 0.1) is 11.8 Å². The Hall–Kier alpha value is -1.26. The Balaban J connectivity index is 2.98. The molecule has 0 aliphatic heterocycles. The van der Waals surface area contributed by atoms with Gasteiger partial charge in [0.2, 0.25) is 10.0 Å². The number of aliphatic hydroxyl groups is 1. The summed E-state index contributed by atoms with van der Waals surface area (Å²) in [7, 11) is -2.06. The Morgan fingerprint density at radius 2 is 2.20 bits per heavy atom. The fraction of sp³-hybridized carbons (Fsp3) is 0.385. The molecule has 0 bridgehead atoms. The zero-order valence-electron chi connectivity index (χ0n) is 11.0. The SMILES string of the molecule is COCCS(=O)(=O)Nc1ccc(Cl)cc1C#CCCO. The van der Waals surface area contributed by atoms with Gasteiger partial charge in [0.25, 0.3) is 0 Å². The molecule has 1 aromatic carbocycles. The van der Waals surface area contributed by atoms with Crippen LogP contribution in [0.4, 0.5) is 5.69 Å². The van der Waals surface area contributed by atoms with Gasteiger partial charge in [0.15, 0.2) is 0 Å². The predicted octanol–water partition coefficient (Wildman–Crippen LogP) is 1.46. The summed E-state index contributed by atoms with van der Waals surface area (Å²) in [6.07, 6.45) is 0.308. The van der Waals surface area contributed by atoms with Gasteiger partial charge in [-0.1, -0.05) is 23.4 Å². The van der Waals surface area contributed by atoms with Crippen molar-refractivity contribution in [2.75, 3.05) is 30.8 Å². The summed E-state index contributed by atoms with van der Waals surface area (Å²) in [5, 5.41) is 9.15. The summed E-state index contributed by atoms with van der Waals surface area (Å²) in [5.74, 6) is 5.37. The fourth-order valence-corrected chi connectivity index (χ4v) is 2.51. The van der Waals surface area contributed by atoms with Crippen molar-refractivity contribution < 1.29 is 18.3 Å². The van der Waals surface area contributed by atoms with Gasteiger partial charge in [0.05, 0.1) is 30.2 Å². The van der Waals surface area contributed by atoms with Crippen molar-refractivity contribution in [3.63, 3.8) is 0 Å². The van der Waals surface area contributed by atoms with Gasteiger partial charge in [-0.05, 0) is 18.2 Å². The zero-order chi connectivity index (χ0) is 15.0. The molecule has 0 atom stereocenters. The van der Waals surface area contributed by atoms with Crippen molar-refractivity contribution in [3.05, 3.63) is 28.8 Å². The van der Waals surface area contributed by atoms with E-state index in [0.29, 0.717) is 22.7 Å². The van der Waals surface area contributed by atoms with Crippen molar-refractivity contribution in [2.24, 2.45) is 0 Å². The van der Waals surface area contributed by atoms with E-state index in [1.54, 1.807) is 18.2 Å². The number of nitrogens with one attached hydrogen (secondary N) is 1. The Bertz CT molecular complexity index is 605. The molecule has 1 rings (SSSR count). The first kappa shape index (κ1) is 16.8. The quantitative estimate of drug-likeness (QED) is 0.779. The molecule has 7 heteroatoms. The molecule has 2 N–H and O–H groups in total. The highest BCUT2D eigenvalue weighted by Crippen LogP contribution is 2.21. The summed E-state index contributed by atoms with van der Waals surface area (Å²) in [4.78, 5) is 0. The highest BCUT2D eigenvalue weighted by Gasteiger charge is 2.12. The second-order valence-electron chi connectivity index (χ2n) is 3.88. The van der Waals surface area contributed by atoms with E-state index < -0.39 is 10.0 Å². The van der Waals surface area contributed by atoms with Crippen LogP contribution in [-0.2, 0) is 14.8 Å². The monoisotopic (exact) mass is 317 g/mol. The number of aliphatic hydroxyl groups excluding tert-OH is 1. The molecule has 0 unspecified atom stereocenters. The highest BCUT2D eigenvalue weighted by molar-refractivity contribution is 7.92. The van der Waals surface area contributed by atoms with Gasteiger partial charge in [-0.15, -0.1) is 0 Å². The Kier molecular flexibility index (Phi) is 6.82. The molecule has 0 fully saturated rings. The van der Waals surface area contributed by atoms with Crippen LogP contribution in [0.1, 0.15) is 12.0 Å². The largest absolute Gasteiger partial charge is 0.395 e. The maximum Gasteiger partial charge on any atom is 0.235 e. The molecule has 20 heavy (non-hydrogen) atoms. The Labute approximate surface area is 124 Å². The third-order valence-corrected chi connectivity index (χ3v) is 3.73. The van der Waals surface area contributed by atoms with E-state index >= 15 is 0 Å². The first-order chi connectivity index (χ1) is 9.48. The van der Waals surface area contributed by atoms with Crippen LogP contribution in [-0.4, -0.2) is 39.6 Å². The minimum Gasteiger partial charge on any atom is -0.395 e. The van der Waals surface area contributed by atoms with E-state index in [1.165, 1.54) is 7.11 Å². The third-order valence-electron chi connectivity index (χ3n) is 2.26. The van der Waals surface area contributed by atoms with Crippen molar-refractivity contribution in [2.45, 2.75) is 6.42 Å². The zero-order valence-corrected chi connectivity index (χ0v) is 12.6. The van der Waals surface area contributed by atoms with Crippen molar-refractivity contribution >= 4 is 27.3 Å². The molecule has 110 valence electrons. The van der Waals surface area contributed by atoms with E-state index in [1.807, 2.05) is 0 Å². The first-order valence-electron chi connectivity index (χ1n) is 5.87. The number of hydrogen-bond donors (Lipinski definition) is 2. The van der Waals surface area contributed by atoms with E-state index in [0.717, 1.165) is 0 Å². The smallest absolute Gasteiger partial charge is 0.235 e. The third kappa shape index (κ3) is 5.80. The molecule has 0 aliphatic rings. The molecular formula is C13H16ClNO4S. The number of rotatable bonds is 6. The average Bonchev–Trinajstić information content (AvgIpc) is 2.40.